The Hall–Kier alpha value is -4.08. The summed E-state index contributed by atoms with van der Waals surface area (Å²) in [6.07, 6.45) is 15.8. The molecule has 278 valence electrons. The highest BCUT2D eigenvalue weighted by Crippen LogP contribution is 2.33. The van der Waals surface area contributed by atoms with Gasteiger partial charge in [0.1, 0.15) is 16.9 Å². The van der Waals surface area contributed by atoms with Crippen molar-refractivity contribution in [2.45, 2.75) is 150 Å². The van der Waals surface area contributed by atoms with Crippen molar-refractivity contribution < 1.29 is 29.4 Å². The molecule has 0 spiro atoms. The average Bonchev–Trinajstić information content (AvgIpc) is 3.11. The predicted molar refractivity (Wildman–Crippen MR) is 198 cm³/mol. The Kier molecular flexibility index (Phi) is 19.7. The first-order valence-corrected chi connectivity index (χ1v) is 19.0. The van der Waals surface area contributed by atoms with Gasteiger partial charge in [0.2, 0.25) is 0 Å². The maximum atomic E-state index is 13.9. The summed E-state index contributed by atoms with van der Waals surface area (Å²) in [5.41, 5.74) is 9.52. The van der Waals surface area contributed by atoms with Gasteiger partial charge in [-0.1, -0.05) is 135 Å². The van der Waals surface area contributed by atoms with E-state index in [1.54, 1.807) is 24.3 Å². The van der Waals surface area contributed by atoms with Gasteiger partial charge < -0.3 is 10.2 Å². The van der Waals surface area contributed by atoms with E-state index in [4.69, 9.17) is 0 Å². The van der Waals surface area contributed by atoms with Crippen molar-refractivity contribution >= 4 is 23.6 Å². The molecule has 0 atom stereocenters. The van der Waals surface area contributed by atoms with Crippen LogP contribution in [-0.4, -0.2) is 33.8 Å². The van der Waals surface area contributed by atoms with E-state index in [0.717, 1.165) is 77.0 Å². The van der Waals surface area contributed by atoms with Crippen molar-refractivity contribution in [3.05, 3.63) is 58.7 Å². The molecular formula is C40H62N4O6. The van der Waals surface area contributed by atoms with Crippen molar-refractivity contribution in [2.75, 3.05) is 0 Å². The first-order valence-electron chi connectivity index (χ1n) is 19.0. The number of unbranched alkanes of at least 4 members (excludes halogenated alkanes) is 11. The molecule has 0 aliphatic rings. The van der Waals surface area contributed by atoms with E-state index in [9.17, 15) is 29.4 Å². The molecule has 4 amide bonds. The van der Waals surface area contributed by atoms with Crippen LogP contribution in [0.2, 0.25) is 0 Å². The standard InChI is InChI=1S/C40H62N4O6/c1-5-9-13-15-17-22-30-24-20-26-32(34(30)45)36(47)41-43-38(49)40(28-12-8-4,29-19-11-7-3)39(50)44-42-37(48)33-27-21-25-31(35(33)46)23-18-16-14-10-6-2/h20-21,24-27,45-46H,5-19,22-23,28-29H2,1-4H3,(H,41,47)(H,42,48)(H,43,49)(H,44,50). The number of benzene rings is 2. The lowest BCUT2D eigenvalue weighted by Gasteiger charge is -2.31. The summed E-state index contributed by atoms with van der Waals surface area (Å²) in [7, 11) is 0. The molecular weight excluding hydrogens is 632 g/mol. The molecule has 0 aliphatic carbocycles. The van der Waals surface area contributed by atoms with Crippen LogP contribution in [0.15, 0.2) is 36.4 Å². The number of hydrogen-bond donors (Lipinski definition) is 6. The normalized spacial score (nSPS) is 11.2. The quantitative estimate of drug-likeness (QED) is 0.0392. The number of aryl methyl sites for hydroxylation is 2. The monoisotopic (exact) mass is 694 g/mol. The fraction of sp³-hybridized carbons (Fsp3) is 0.600. The number of aromatic hydroxyl groups is 2. The fourth-order valence-electron chi connectivity index (χ4n) is 6.23. The highest BCUT2D eigenvalue weighted by Gasteiger charge is 2.45. The van der Waals surface area contributed by atoms with Crippen LogP contribution in [0.1, 0.15) is 169 Å². The van der Waals surface area contributed by atoms with Gasteiger partial charge in [-0.3, -0.25) is 40.9 Å². The fourth-order valence-corrected chi connectivity index (χ4v) is 6.23. The van der Waals surface area contributed by atoms with E-state index in [1.165, 1.54) is 12.1 Å². The van der Waals surface area contributed by atoms with Crippen LogP contribution in [0.5, 0.6) is 11.5 Å². The van der Waals surface area contributed by atoms with Crippen LogP contribution in [0.4, 0.5) is 0 Å². The summed E-state index contributed by atoms with van der Waals surface area (Å²) < 4.78 is 0. The molecule has 6 N–H and O–H groups in total. The van der Waals surface area contributed by atoms with E-state index < -0.39 is 29.0 Å². The first-order chi connectivity index (χ1) is 24.2. The minimum Gasteiger partial charge on any atom is -0.507 e. The average molecular weight is 695 g/mol. The van der Waals surface area contributed by atoms with Crippen molar-refractivity contribution in [3.63, 3.8) is 0 Å². The van der Waals surface area contributed by atoms with Crippen molar-refractivity contribution in [2.24, 2.45) is 5.41 Å². The topological polar surface area (TPSA) is 157 Å². The van der Waals surface area contributed by atoms with Gasteiger partial charge in [-0.15, -0.1) is 0 Å². The van der Waals surface area contributed by atoms with E-state index in [2.05, 4.69) is 35.6 Å². The van der Waals surface area contributed by atoms with Gasteiger partial charge in [0, 0.05) is 0 Å². The number of phenols is 2. The Balaban J connectivity index is 2.19. The van der Waals surface area contributed by atoms with Gasteiger partial charge in [-0.2, -0.15) is 0 Å². The van der Waals surface area contributed by atoms with Gasteiger partial charge >= 0.3 is 0 Å². The summed E-state index contributed by atoms with van der Waals surface area (Å²) in [6, 6.07) is 9.95. The molecule has 0 saturated carbocycles. The van der Waals surface area contributed by atoms with Crippen molar-refractivity contribution in [1.82, 2.24) is 21.7 Å². The van der Waals surface area contributed by atoms with Crippen LogP contribution < -0.4 is 21.7 Å². The van der Waals surface area contributed by atoms with Crippen LogP contribution in [0, 0.1) is 5.41 Å². The summed E-state index contributed by atoms with van der Waals surface area (Å²) >= 11 is 0. The highest BCUT2D eigenvalue weighted by atomic mass is 16.3. The second-order valence-corrected chi connectivity index (χ2v) is 13.4. The zero-order chi connectivity index (χ0) is 36.8. The SMILES string of the molecule is CCCCCCCc1cccc(C(=O)NNC(=O)C(CCCC)(CCCCC)C(=O)NNC(=O)c2cccc(CCCCCCC)c2O)c1O. The molecule has 0 heterocycles. The lowest BCUT2D eigenvalue weighted by atomic mass is 9.76. The summed E-state index contributed by atoms with van der Waals surface area (Å²) in [5.74, 6) is -3.06. The smallest absolute Gasteiger partial charge is 0.273 e. The molecule has 0 radical (unpaired) electrons. The Morgan fingerprint density at radius 3 is 1.30 bits per heavy atom. The van der Waals surface area contributed by atoms with Crippen molar-refractivity contribution in [1.29, 1.82) is 0 Å². The van der Waals surface area contributed by atoms with E-state index >= 15 is 0 Å². The zero-order valence-corrected chi connectivity index (χ0v) is 30.9. The predicted octanol–water partition coefficient (Wildman–Crippen LogP) is 8.10. The molecule has 0 aromatic heterocycles. The van der Waals surface area contributed by atoms with Gasteiger partial charge in [0.15, 0.2) is 0 Å². The number of phenolic OH excluding ortho intramolecular Hbond substituents is 2. The van der Waals surface area contributed by atoms with Gasteiger partial charge in [-0.05, 0) is 61.8 Å². The number of nitrogens with one attached hydrogen (secondary N) is 4. The molecule has 2 aromatic carbocycles. The van der Waals surface area contributed by atoms with Crippen LogP contribution >= 0.6 is 0 Å². The number of para-hydroxylation sites is 2. The van der Waals surface area contributed by atoms with E-state index in [1.807, 2.05) is 13.8 Å². The molecule has 10 heteroatoms. The minimum absolute atomic E-state index is 0.0289. The first kappa shape index (κ1) is 42.1. The molecule has 10 nitrogen and oxygen atoms in total. The van der Waals surface area contributed by atoms with Crippen LogP contribution in [0.25, 0.3) is 0 Å². The van der Waals surface area contributed by atoms with E-state index in [-0.39, 0.29) is 35.5 Å². The summed E-state index contributed by atoms with van der Waals surface area (Å²) in [5, 5.41) is 21.7. The number of amides is 4. The number of hydrogen-bond acceptors (Lipinski definition) is 6. The van der Waals surface area contributed by atoms with Crippen molar-refractivity contribution in [3.8, 4) is 11.5 Å². The number of rotatable bonds is 23. The third-order valence-electron chi connectivity index (χ3n) is 9.44. The summed E-state index contributed by atoms with van der Waals surface area (Å²) in [4.78, 5) is 54.2. The number of hydrazine groups is 2. The third-order valence-corrected chi connectivity index (χ3v) is 9.44. The molecule has 50 heavy (non-hydrogen) atoms. The molecule has 0 fully saturated rings. The van der Waals surface area contributed by atoms with Gasteiger partial charge in [0.05, 0.1) is 11.1 Å². The van der Waals surface area contributed by atoms with Crippen LogP contribution in [0.3, 0.4) is 0 Å². The molecule has 0 saturated heterocycles. The third kappa shape index (κ3) is 13.0. The van der Waals surface area contributed by atoms with Gasteiger partial charge in [0.25, 0.3) is 23.6 Å². The number of carbonyl (C=O) groups is 4. The maximum absolute atomic E-state index is 13.9. The largest absolute Gasteiger partial charge is 0.507 e. The van der Waals surface area contributed by atoms with E-state index in [0.29, 0.717) is 43.2 Å². The molecule has 2 rings (SSSR count). The van der Waals surface area contributed by atoms with Gasteiger partial charge in [-0.25, -0.2) is 0 Å². The Bertz CT molecular complexity index is 1270. The molecule has 0 bridgehead atoms. The zero-order valence-electron chi connectivity index (χ0n) is 30.9. The Morgan fingerprint density at radius 1 is 0.500 bits per heavy atom. The highest BCUT2D eigenvalue weighted by molar-refractivity contribution is 6.07. The van der Waals surface area contributed by atoms with Crippen LogP contribution in [-0.2, 0) is 22.4 Å². The number of carbonyl (C=O) groups excluding carboxylic acids is 4. The Morgan fingerprint density at radius 2 is 0.880 bits per heavy atom. The molecule has 2 aromatic rings. The molecule has 0 aliphatic heterocycles. The lowest BCUT2D eigenvalue weighted by molar-refractivity contribution is -0.146. The Labute approximate surface area is 299 Å². The minimum atomic E-state index is -1.60. The summed E-state index contributed by atoms with van der Waals surface area (Å²) in [6.45, 7) is 8.28. The lowest BCUT2D eigenvalue weighted by Crippen LogP contribution is -2.58. The second kappa shape index (κ2) is 23.3. The maximum Gasteiger partial charge on any atom is 0.273 e. The second-order valence-electron chi connectivity index (χ2n) is 13.4. The molecule has 0 unspecified atom stereocenters.